The number of esters is 2. The van der Waals surface area contributed by atoms with Gasteiger partial charge >= 0.3 is 27.6 Å². The smallest absolute Gasteiger partial charge is 0.462 e. The Kier molecular flexibility index (Phi) is 31.2. The summed E-state index contributed by atoms with van der Waals surface area (Å²) in [7, 11) is -11.5. The molecule has 2 rings (SSSR count). The number of carbonyl (C=O) groups excluding carboxylic acids is 3. The first kappa shape index (κ1) is 61.9. The lowest BCUT2D eigenvalue weighted by molar-refractivity contribution is -0.165. The molecule has 0 aromatic carbocycles. The third-order valence-electron chi connectivity index (χ3n) is 12.1. The molecule has 68 heavy (non-hydrogen) atoms. The van der Waals surface area contributed by atoms with Crippen LogP contribution in [0.5, 0.6) is 0 Å². The van der Waals surface area contributed by atoms with Gasteiger partial charge in [0.25, 0.3) is 0 Å². The van der Waals surface area contributed by atoms with Crippen LogP contribution < -0.4 is 0 Å². The van der Waals surface area contributed by atoms with Crippen LogP contribution in [0.25, 0.3) is 0 Å². The average Bonchev–Trinajstić information content (AvgIpc) is 3.28. The maximum atomic E-state index is 13.9. The first-order valence-electron chi connectivity index (χ1n) is 24.6. The zero-order valence-corrected chi connectivity index (χ0v) is 41.8. The Morgan fingerprint density at radius 1 is 0.853 bits per heavy atom. The van der Waals surface area contributed by atoms with Crippen LogP contribution >= 0.6 is 15.6 Å². The van der Waals surface area contributed by atoms with Gasteiger partial charge in [0.15, 0.2) is 6.10 Å². The Hall–Kier alpha value is -2.19. The Balaban J connectivity index is 2.30. The molecule has 2 bridgehead atoms. The lowest BCUT2D eigenvalue weighted by Crippen LogP contribution is -2.56. The molecule has 1 aliphatic heterocycles. The number of hydrogen-bond acceptors (Lipinski definition) is 16. The van der Waals surface area contributed by atoms with Gasteiger partial charge in [0.1, 0.15) is 36.8 Å². The summed E-state index contributed by atoms with van der Waals surface area (Å²) in [5.74, 6) is -5.78. The minimum absolute atomic E-state index is 0.0456. The molecule has 0 aromatic rings. The van der Waals surface area contributed by atoms with Crippen molar-refractivity contribution in [3.8, 4) is 0 Å². The van der Waals surface area contributed by atoms with Crippen LogP contribution in [-0.4, -0.2) is 131 Å². The average molecular weight is 1010 g/mol. The van der Waals surface area contributed by atoms with Crippen molar-refractivity contribution in [2.75, 3.05) is 13.2 Å². The molecule has 1 aliphatic carbocycles. The number of hydrogen-bond donors (Lipinski definition) is 9. The van der Waals surface area contributed by atoms with E-state index in [0.29, 0.717) is 12.8 Å². The maximum Gasteiger partial charge on any atom is 0.472 e. The van der Waals surface area contributed by atoms with E-state index in [2.05, 4.69) is 19.1 Å². The Morgan fingerprint density at radius 3 is 2.12 bits per heavy atom. The van der Waals surface area contributed by atoms with Gasteiger partial charge in [-0.1, -0.05) is 121 Å². The van der Waals surface area contributed by atoms with Gasteiger partial charge in [0, 0.05) is 25.2 Å². The zero-order valence-electron chi connectivity index (χ0n) is 40.0. The minimum Gasteiger partial charge on any atom is -0.462 e. The SMILES string of the molecule is CCCCCC/C=C\CCCCCCCCCC(=O)OC[C@@H]1COP(=O)(O)O[C@H]2[C@H](O)[C@@H](O)[C@H](O)[C@@H](C/C=C\CCCC(=O)O1)[C@@H](O)CC(=O)[C@H](/C=C/[C@@H](O)CCCCC)[C@@H](O)[C@H]2OP(=O)(O)O. The molecule has 2 aliphatic rings. The standard InChI is InChI=1S/C47H82O19P2/c1-3-5-7-8-9-10-11-12-13-14-15-16-17-18-23-27-40(51)62-32-35-33-63-68(60,61)66-47-45(56)44(55)42(53)36(26-22-19-20-24-28-41(52)64-35)38(49)31-39(50)37(30-29-34(48)25-21-6-4-2)43(54)46(47)65-67(57,58)59/h10-11,19,22,29-30,34-38,42-49,53-56H,3-9,12-18,20-21,23-28,31-33H2,1-2H3,(H,60,61)(H2,57,58,59)/b11-10-,22-19-,30-29+/t34-,35+,36-,37-,38-,42+,43+,44-,45+,46+,47-/m0/s1. The van der Waals surface area contributed by atoms with E-state index in [1.54, 1.807) is 6.08 Å². The second-order valence-electron chi connectivity index (χ2n) is 18.0. The zero-order chi connectivity index (χ0) is 50.5. The minimum atomic E-state index is -5.79. The highest BCUT2D eigenvalue weighted by Gasteiger charge is 2.51. The summed E-state index contributed by atoms with van der Waals surface area (Å²) in [5, 5.41) is 67.9. The monoisotopic (exact) mass is 1010 g/mol. The van der Waals surface area contributed by atoms with Crippen molar-refractivity contribution >= 4 is 33.4 Å². The number of Topliss-reactive ketones (excluding diaryl/α,β-unsaturated/α-hetero) is 1. The van der Waals surface area contributed by atoms with E-state index in [0.717, 1.165) is 76.4 Å². The molecule has 1 saturated carbocycles. The van der Waals surface area contributed by atoms with Crippen molar-refractivity contribution in [3.63, 3.8) is 0 Å². The van der Waals surface area contributed by atoms with Crippen molar-refractivity contribution < 1.29 is 91.9 Å². The Bertz CT molecular complexity index is 1620. The normalized spacial score (nSPS) is 30.8. The molecular formula is C47H82O19P2. The molecule has 19 nitrogen and oxygen atoms in total. The van der Waals surface area contributed by atoms with E-state index in [-0.39, 0.29) is 38.5 Å². The number of ketones is 1. The van der Waals surface area contributed by atoms with Crippen LogP contribution in [0, 0.1) is 11.8 Å². The Morgan fingerprint density at radius 2 is 1.47 bits per heavy atom. The van der Waals surface area contributed by atoms with Gasteiger partial charge in [-0.2, -0.15) is 0 Å². The molecule has 1 fully saturated rings. The molecule has 0 saturated heterocycles. The summed E-state index contributed by atoms with van der Waals surface area (Å²) in [4.78, 5) is 70.5. The van der Waals surface area contributed by atoms with Gasteiger partial charge in [-0.15, -0.1) is 0 Å². The fourth-order valence-corrected chi connectivity index (χ4v) is 9.61. The summed E-state index contributed by atoms with van der Waals surface area (Å²) in [6.07, 6.45) is 5.62. The molecule has 21 heteroatoms. The number of aliphatic hydroxyl groups is 6. The number of unbranched alkanes of at least 4 members (excludes halogenated alkanes) is 13. The van der Waals surface area contributed by atoms with Crippen LogP contribution in [0.1, 0.15) is 162 Å². The lowest BCUT2D eigenvalue weighted by atomic mass is 9.83. The van der Waals surface area contributed by atoms with Gasteiger partial charge in [-0.05, 0) is 57.8 Å². The highest BCUT2D eigenvalue weighted by Crippen LogP contribution is 2.49. The van der Waals surface area contributed by atoms with Crippen LogP contribution in [0.2, 0.25) is 0 Å². The van der Waals surface area contributed by atoms with Crippen molar-refractivity contribution in [3.05, 3.63) is 36.5 Å². The second-order valence-corrected chi connectivity index (χ2v) is 20.6. The van der Waals surface area contributed by atoms with E-state index in [1.807, 2.05) is 6.92 Å². The summed E-state index contributed by atoms with van der Waals surface area (Å²) in [5.41, 5.74) is 0. The molecule has 12 atom stereocenters. The van der Waals surface area contributed by atoms with Crippen LogP contribution in [-0.2, 0) is 46.6 Å². The molecule has 9 N–H and O–H groups in total. The van der Waals surface area contributed by atoms with E-state index in [1.165, 1.54) is 31.8 Å². The quantitative estimate of drug-likeness (QED) is 0.0216. The summed E-state index contributed by atoms with van der Waals surface area (Å²) in [6.45, 7) is 2.53. The van der Waals surface area contributed by atoms with Gasteiger partial charge in [-0.25, -0.2) is 9.13 Å². The number of phosphoric ester groups is 2. The van der Waals surface area contributed by atoms with Crippen LogP contribution in [0.3, 0.4) is 0 Å². The molecule has 1 heterocycles. The topological polar surface area (TPSA) is 314 Å². The van der Waals surface area contributed by atoms with Gasteiger partial charge in [0.2, 0.25) is 0 Å². The largest absolute Gasteiger partial charge is 0.472 e. The Labute approximate surface area is 402 Å². The number of rotatable bonds is 25. The number of cyclic esters (lactones) is 1. The van der Waals surface area contributed by atoms with E-state index in [9.17, 15) is 68.8 Å². The number of fused-ring (bicyclic) bond motifs is 4. The third kappa shape index (κ3) is 25.8. The predicted octanol–water partition coefficient (Wildman–Crippen LogP) is 6.10. The number of allylic oxidation sites excluding steroid dienone is 4. The number of carbonyl (C=O) groups is 3. The first-order chi connectivity index (χ1) is 32.3. The first-order valence-corrected chi connectivity index (χ1v) is 27.7. The molecule has 1 unspecified atom stereocenters. The van der Waals surface area contributed by atoms with Crippen molar-refractivity contribution in [2.45, 2.75) is 216 Å². The van der Waals surface area contributed by atoms with Crippen LogP contribution in [0.4, 0.5) is 0 Å². The van der Waals surface area contributed by atoms with E-state index >= 15 is 0 Å². The van der Waals surface area contributed by atoms with Crippen molar-refractivity contribution in [1.82, 2.24) is 0 Å². The predicted molar refractivity (Wildman–Crippen MR) is 251 cm³/mol. The number of phosphoric acid groups is 2. The molecule has 0 radical (unpaired) electrons. The second kappa shape index (κ2) is 34.2. The summed E-state index contributed by atoms with van der Waals surface area (Å²) in [6, 6.07) is 0. The fourth-order valence-electron chi connectivity index (χ4n) is 8.08. The van der Waals surface area contributed by atoms with Crippen LogP contribution in [0.15, 0.2) is 36.5 Å². The van der Waals surface area contributed by atoms with Crippen molar-refractivity contribution in [1.29, 1.82) is 0 Å². The van der Waals surface area contributed by atoms with Gasteiger partial charge in [0.05, 0.1) is 36.9 Å². The molecule has 0 aromatic heterocycles. The number of aliphatic hydroxyl groups excluding tert-OH is 6. The van der Waals surface area contributed by atoms with E-state index in [4.69, 9.17) is 23.0 Å². The lowest BCUT2D eigenvalue weighted by Gasteiger charge is -2.38. The van der Waals surface area contributed by atoms with E-state index < -0.39 is 120 Å². The molecular weight excluding hydrogens is 930 g/mol. The highest BCUT2D eigenvalue weighted by atomic mass is 31.2. The summed E-state index contributed by atoms with van der Waals surface area (Å²) < 4.78 is 52.0. The molecule has 0 spiro atoms. The molecule has 0 amide bonds. The highest BCUT2D eigenvalue weighted by molar-refractivity contribution is 7.47. The summed E-state index contributed by atoms with van der Waals surface area (Å²) >= 11 is 0. The maximum absolute atomic E-state index is 13.9. The number of ether oxygens (including phenoxy) is 2. The molecule has 394 valence electrons. The third-order valence-corrected chi connectivity index (χ3v) is 13.6. The van der Waals surface area contributed by atoms with Crippen molar-refractivity contribution in [2.24, 2.45) is 11.8 Å². The van der Waals surface area contributed by atoms with Gasteiger partial charge in [-0.3, -0.25) is 28.0 Å². The fraction of sp³-hybridized carbons (Fsp3) is 0.809. The van der Waals surface area contributed by atoms with Gasteiger partial charge < -0.3 is 54.8 Å².